The topological polar surface area (TPSA) is 46.0 Å². The molecule has 0 saturated heterocycles. The molecule has 1 atom stereocenters. The largest absolute Gasteiger partial charge is 0.389 e. The Balaban J connectivity index is 2.40. The Bertz CT molecular complexity index is 483. The molecule has 1 aromatic carbocycles. The highest BCUT2D eigenvalue weighted by molar-refractivity contribution is 5.55. The number of aliphatic hydroxyl groups is 1. The predicted molar refractivity (Wildman–Crippen MR) is 58.1 cm³/mol. The molecule has 1 aromatic heterocycles. The highest BCUT2D eigenvalue weighted by Crippen LogP contribution is 2.19. The molecule has 4 heteroatoms. The van der Waals surface area contributed by atoms with Gasteiger partial charge in [-0.05, 0) is 18.6 Å². The highest BCUT2D eigenvalue weighted by atomic mass is 19.1. The first-order valence-corrected chi connectivity index (χ1v) is 4.93. The molecule has 3 nitrogen and oxygen atoms in total. The van der Waals surface area contributed by atoms with Gasteiger partial charge in [-0.3, -0.25) is 0 Å². The normalized spacial score (nSPS) is 12.4. The highest BCUT2D eigenvalue weighted by Gasteiger charge is 2.05. The molecule has 0 radical (unpaired) electrons. The SMILES string of the molecule is CC(O)c1cccc(-c2ncc(F)cn2)c1. The summed E-state index contributed by atoms with van der Waals surface area (Å²) in [6.45, 7) is 1.69. The number of benzene rings is 1. The van der Waals surface area contributed by atoms with Gasteiger partial charge in [0.15, 0.2) is 11.6 Å². The van der Waals surface area contributed by atoms with Crippen molar-refractivity contribution in [1.29, 1.82) is 0 Å². The monoisotopic (exact) mass is 218 g/mol. The first kappa shape index (κ1) is 10.7. The maximum Gasteiger partial charge on any atom is 0.159 e. The van der Waals surface area contributed by atoms with Crippen LogP contribution < -0.4 is 0 Å². The van der Waals surface area contributed by atoms with Gasteiger partial charge in [-0.25, -0.2) is 14.4 Å². The van der Waals surface area contributed by atoms with Crippen molar-refractivity contribution >= 4 is 0 Å². The molecule has 1 heterocycles. The van der Waals surface area contributed by atoms with Crippen LogP contribution in [0.15, 0.2) is 36.7 Å². The summed E-state index contributed by atoms with van der Waals surface area (Å²) in [5.41, 5.74) is 1.55. The third-order valence-electron chi connectivity index (χ3n) is 2.25. The average Bonchev–Trinajstić information content (AvgIpc) is 2.30. The fourth-order valence-electron chi connectivity index (χ4n) is 1.40. The number of aromatic nitrogens is 2. The van der Waals surface area contributed by atoms with E-state index < -0.39 is 11.9 Å². The summed E-state index contributed by atoms with van der Waals surface area (Å²) in [5.74, 6) is -0.0145. The molecule has 0 spiro atoms. The molecule has 0 amide bonds. The first-order valence-electron chi connectivity index (χ1n) is 4.93. The van der Waals surface area contributed by atoms with E-state index in [2.05, 4.69) is 9.97 Å². The summed E-state index contributed by atoms with van der Waals surface area (Å²) in [6, 6.07) is 7.23. The van der Waals surface area contributed by atoms with Gasteiger partial charge >= 0.3 is 0 Å². The van der Waals surface area contributed by atoms with E-state index >= 15 is 0 Å². The zero-order valence-corrected chi connectivity index (χ0v) is 8.76. The van der Waals surface area contributed by atoms with Crippen LogP contribution in [0, 0.1) is 5.82 Å². The molecule has 82 valence electrons. The number of hydrogen-bond donors (Lipinski definition) is 1. The third kappa shape index (κ3) is 2.23. The van der Waals surface area contributed by atoms with Crippen LogP contribution >= 0.6 is 0 Å². The van der Waals surface area contributed by atoms with Gasteiger partial charge in [0.1, 0.15) is 0 Å². The van der Waals surface area contributed by atoms with Crippen LogP contribution in [0.5, 0.6) is 0 Å². The molecule has 0 bridgehead atoms. The lowest BCUT2D eigenvalue weighted by molar-refractivity contribution is 0.199. The van der Waals surface area contributed by atoms with Gasteiger partial charge < -0.3 is 5.11 Å². The van der Waals surface area contributed by atoms with E-state index in [1.807, 2.05) is 18.2 Å². The molecule has 0 saturated carbocycles. The molecule has 0 aliphatic carbocycles. The van der Waals surface area contributed by atoms with Gasteiger partial charge in [0.25, 0.3) is 0 Å². The molecular weight excluding hydrogens is 207 g/mol. The molecule has 2 aromatic rings. The molecule has 1 N–H and O–H groups in total. The lowest BCUT2D eigenvalue weighted by Crippen LogP contribution is -1.93. The minimum atomic E-state index is -0.541. The zero-order valence-electron chi connectivity index (χ0n) is 8.76. The second kappa shape index (κ2) is 4.37. The summed E-state index contributed by atoms with van der Waals surface area (Å²) in [4.78, 5) is 7.76. The number of halogens is 1. The van der Waals surface area contributed by atoms with Crippen LogP contribution in [0.1, 0.15) is 18.6 Å². The van der Waals surface area contributed by atoms with Crippen molar-refractivity contribution in [3.8, 4) is 11.4 Å². The van der Waals surface area contributed by atoms with Crippen molar-refractivity contribution in [2.45, 2.75) is 13.0 Å². The second-order valence-corrected chi connectivity index (χ2v) is 3.53. The van der Waals surface area contributed by atoms with E-state index in [1.165, 1.54) is 0 Å². The van der Waals surface area contributed by atoms with Gasteiger partial charge in [0.2, 0.25) is 0 Å². The molecule has 16 heavy (non-hydrogen) atoms. The van der Waals surface area contributed by atoms with Crippen molar-refractivity contribution in [2.24, 2.45) is 0 Å². The van der Waals surface area contributed by atoms with Crippen molar-refractivity contribution < 1.29 is 9.50 Å². The molecule has 0 fully saturated rings. The van der Waals surface area contributed by atoms with Gasteiger partial charge in [0.05, 0.1) is 18.5 Å². The van der Waals surface area contributed by atoms with E-state index in [0.29, 0.717) is 5.82 Å². The van der Waals surface area contributed by atoms with Crippen LogP contribution in [0.2, 0.25) is 0 Å². The van der Waals surface area contributed by atoms with E-state index in [1.54, 1.807) is 13.0 Å². The van der Waals surface area contributed by atoms with Gasteiger partial charge in [0, 0.05) is 5.56 Å². The van der Waals surface area contributed by atoms with E-state index in [9.17, 15) is 9.50 Å². The van der Waals surface area contributed by atoms with Crippen molar-refractivity contribution in [3.05, 3.63) is 48.0 Å². The summed E-state index contributed by atoms with van der Waals surface area (Å²) < 4.78 is 12.6. The minimum absolute atomic E-state index is 0.448. The van der Waals surface area contributed by atoms with Gasteiger partial charge in [-0.1, -0.05) is 18.2 Å². The number of rotatable bonds is 2. The quantitative estimate of drug-likeness (QED) is 0.841. The Hall–Kier alpha value is -1.81. The van der Waals surface area contributed by atoms with Gasteiger partial charge in [-0.15, -0.1) is 0 Å². The van der Waals surface area contributed by atoms with Crippen molar-refractivity contribution in [1.82, 2.24) is 9.97 Å². The number of aliphatic hydroxyl groups excluding tert-OH is 1. The standard InChI is InChI=1S/C12H11FN2O/c1-8(16)9-3-2-4-10(5-9)12-14-6-11(13)7-15-12/h2-8,16H,1H3. The maximum atomic E-state index is 12.6. The first-order chi connectivity index (χ1) is 7.66. The minimum Gasteiger partial charge on any atom is -0.389 e. The Labute approximate surface area is 92.6 Å². The molecule has 2 rings (SSSR count). The fourth-order valence-corrected chi connectivity index (χ4v) is 1.40. The Morgan fingerprint density at radius 1 is 1.25 bits per heavy atom. The fraction of sp³-hybridized carbons (Fsp3) is 0.167. The summed E-state index contributed by atoms with van der Waals surface area (Å²) in [7, 11) is 0. The summed E-state index contributed by atoms with van der Waals surface area (Å²) >= 11 is 0. The molecular formula is C12H11FN2O. The molecule has 0 aliphatic heterocycles. The molecule has 0 aliphatic rings. The van der Waals surface area contributed by atoms with E-state index in [-0.39, 0.29) is 0 Å². The lowest BCUT2D eigenvalue weighted by atomic mass is 10.1. The maximum absolute atomic E-state index is 12.6. The predicted octanol–water partition coefficient (Wildman–Crippen LogP) is 2.34. The smallest absolute Gasteiger partial charge is 0.159 e. The lowest BCUT2D eigenvalue weighted by Gasteiger charge is -2.06. The third-order valence-corrected chi connectivity index (χ3v) is 2.25. The molecule has 1 unspecified atom stereocenters. The zero-order chi connectivity index (χ0) is 11.5. The average molecular weight is 218 g/mol. The Morgan fingerprint density at radius 3 is 2.56 bits per heavy atom. The Morgan fingerprint density at radius 2 is 1.94 bits per heavy atom. The number of hydrogen-bond acceptors (Lipinski definition) is 3. The summed E-state index contributed by atoms with van der Waals surface area (Å²) in [5, 5.41) is 9.44. The van der Waals surface area contributed by atoms with Gasteiger partial charge in [-0.2, -0.15) is 0 Å². The van der Waals surface area contributed by atoms with E-state index in [4.69, 9.17) is 0 Å². The van der Waals surface area contributed by atoms with E-state index in [0.717, 1.165) is 23.5 Å². The van der Waals surface area contributed by atoms with Crippen molar-refractivity contribution in [2.75, 3.05) is 0 Å². The van der Waals surface area contributed by atoms with Crippen LogP contribution in [-0.4, -0.2) is 15.1 Å². The Kier molecular flexibility index (Phi) is 2.92. The van der Waals surface area contributed by atoms with Crippen LogP contribution in [0.25, 0.3) is 11.4 Å². The second-order valence-electron chi connectivity index (χ2n) is 3.53. The van der Waals surface area contributed by atoms with Crippen molar-refractivity contribution in [3.63, 3.8) is 0 Å². The van der Waals surface area contributed by atoms with Crippen LogP contribution in [-0.2, 0) is 0 Å². The van der Waals surface area contributed by atoms with Crippen LogP contribution in [0.3, 0.4) is 0 Å². The van der Waals surface area contributed by atoms with Crippen LogP contribution in [0.4, 0.5) is 4.39 Å². The number of nitrogens with zero attached hydrogens (tertiary/aromatic N) is 2. The summed E-state index contributed by atoms with van der Waals surface area (Å²) in [6.07, 6.45) is 1.70.